The van der Waals surface area contributed by atoms with E-state index in [1.807, 2.05) is 0 Å². The average Bonchev–Trinajstić information content (AvgIpc) is 2.36. The minimum absolute atomic E-state index is 0.0625. The molecule has 0 saturated heterocycles. The van der Waals surface area contributed by atoms with Crippen molar-refractivity contribution in [1.29, 1.82) is 0 Å². The molecule has 2 rings (SSSR count). The normalized spacial score (nSPS) is 11.4. The molecular weight excluding hydrogens is 369 g/mol. The maximum atomic E-state index is 13.6. The van der Waals surface area contributed by atoms with Gasteiger partial charge in [-0.3, -0.25) is 4.72 Å². The second-order valence-electron chi connectivity index (χ2n) is 4.14. The summed E-state index contributed by atoms with van der Waals surface area (Å²) in [5.74, 6) is -0.727. The molecule has 0 aliphatic carbocycles. The van der Waals surface area contributed by atoms with Gasteiger partial charge in [0.05, 0.1) is 10.6 Å². The summed E-state index contributed by atoms with van der Waals surface area (Å²) in [6.45, 7) is 1.77. The van der Waals surface area contributed by atoms with E-state index in [1.54, 1.807) is 13.0 Å². The van der Waals surface area contributed by atoms with Crippen molar-refractivity contribution in [2.45, 2.75) is 11.8 Å². The molecule has 0 heterocycles. The molecule has 0 spiro atoms. The standard InChI is InChI=1S/C13H10BrClFNO2S/c1-8-6-10(3-4-11(8)14)20(18,19)17-13-5-2-9(15)7-12(13)16/h2-7,17H,1H3. The van der Waals surface area contributed by atoms with Crippen molar-refractivity contribution in [3.05, 3.63) is 57.3 Å². The number of rotatable bonds is 3. The summed E-state index contributed by atoms with van der Waals surface area (Å²) < 4.78 is 41.0. The number of halogens is 3. The van der Waals surface area contributed by atoms with Gasteiger partial charge in [-0.05, 0) is 48.9 Å². The lowest BCUT2D eigenvalue weighted by Gasteiger charge is -2.10. The van der Waals surface area contributed by atoms with Gasteiger partial charge in [-0.1, -0.05) is 27.5 Å². The predicted molar refractivity (Wildman–Crippen MR) is 81.1 cm³/mol. The lowest BCUT2D eigenvalue weighted by Crippen LogP contribution is -2.14. The van der Waals surface area contributed by atoms with Crippen LogP contribution in [0.3, 0.4) is 0 Å². The van der Waals surface area contributed by atoms with Gasteiger partial charge in [0.1, 0.15) is 5.82 Å². The largest absolute Gasteiger partial charge is 0.277 e. The van der Waals surface area contributed by atoms with Crippen LogP contribution in [0.5, 0.6) is 0 Å². The van der Waals surface area contributed by atoms with E-state index < -0.39 is 15.8 Å². The predicted octanol–water partition coefficient (Wildman–Crippen LogP) is 4.35. The molecule has 0 aromatic heterocycles. The maximum Gasteiger partial charge on any atom is 0.261 e. The van der Waals surface area contributed by atoms with Gasteiger partial charge >= 0.3 is 0 Å². The quantitative estimate of drug-likeness (QED) is 0.863. The summed E-state index contributed by atoms with van der Waals surface area (Å²) in [4.78, 5) is 0.0625. The third kappa shape index (κ3) is 3.31. The molecule has 0 fully saturated rings. The molecule has 0 unspecified atom stereocenters. The number of sulfonamides is 1. The van der Waals surface area contributed by atoms with Gasteiger partial charge in [0.25, 0.3) is 10.0 Å². The van der Waals surface area contributed by atoms with E-state index >= 15 is 0 Å². The van der Waals surface area contributed by atoms with Crippen molar-refractivity contribution in [3.8, 4) is 0 Å². The fourth-order valence-electron chi connectivity index (χ4n) is 1.56. The molecule has 2 aromatic carbocycles. The number of nitrogens with one attached hydrogen (secondary N) is 1. The van der Waals surface area contributed by atoms with Gasteiger partial charge in [-0.25, -0.2) is 12.8 Å². The summed E-state index contributed by atoms with van der Waals surface area (Å²) in [5.41, 5.74) is 0.624. The maximum absolute atomic E-state index is 13.6. The fraction of sp³-hybridized carbons (Fsp3) is 0.0769. The first-order valence-electron chi connectivity index (χ1n) is 5.53. The molecule has 0 bridgehead atoms. The third-order valence-electron chi connectivity index (χ3n) is 2.62. The average molecular weight is 379 g/mol. The molecule has 0 radical (unpaired) electrons. The second-order valence-corrected chi connectivity index (χ2v) is 7.11. The van der Waals surface area contributed by atoms with Crippen LogP contribution in [-0.4, -0.2) is 8.42 Å². The van der Waals surface area contributed by atoms with Crippen molar-refractivity contribution in [3.63, 3.8) is 0 Å². The topological polar surface area (TPSA) is 46.2 Å². The highest BCUT2D eigenvalue weighted by Gasteiger charge is 2.17. The van der Waals surface area contributed by atoms with Crippen LogP contribution in [0.4, 0.5) is 10.1 Å². The Morgan fingerprint density at radius 1 is 1.20 bits per heavy atom. The van der Waals surface area contributed by atoms with Crippen LogP contribution < -0.4 is 4.72 Å². The molecule has 0 saturated carbocycles. The molecule has 2 aromatic rings. The summed E-state index contributed by atoms with van der Waals surface area (Å²) in [7, 11) is -3.84. The molecule has 7 heteroatoms. The van der Waals surface area contributed by atoms with E-state index in [0.717, 1.165) is 16.1 Å². The highest BCUT2D eigenvalue weighted by atomic mass is 79.9. The van der Waals surface area contributed by atoms with Crippen LogP contribution in [0, 0.1) is 12.7 Å². The number of hydrogen-bond acceptors (Lipinski definition) is 2. The lowest BCUT2D eigenvalue weighted by molar-refractivity contribution is 0.598. The van der Waals surface area contributed by atoms with Crippen LogP contribution in [0.1, 0.15) is 5.56 Å². The minimum atomic E-state index is -3.84. The minimum Gasteiger partial charge on any atom is -0.277 e. The zero-order valence-corrected chi connectivity index (χ0v) is 13.5. The van der Waals surface area contributed by atoms with Crippen LogP contribution in [0.25, 0.3) is 0 Å². The fourth-order valence-corrected chi connectivity index (χ4v) is 3.12. The molecule has 0 amide bonds. The first-order chi connectivity index (χ1) is 9.29. The van der Waals surface area contributed by atoms with Gasteiger partial charge in [-0.2, -0.15) is 0 Å². The molecule has 20 heavy (non-hydrogen) atoms. The van der Waals surface area contributed by atoms with Crippen molar-refractivity contribution >= 4 is 43.2 Å². The number of benzene rings is 2. The van der Waals surface area contributed by atoms with Gasteiger partial charge in [0.15, 0.2) is 0 Å². The molecule has 0 aliphatic rings. The van der Waals surface area contributed by atoms with Crippen LogP contribution in [0.2, 0.25) is 5.02 Å². The van der Waals surface area contributed by atoms with E-state index in [9.17, 15) is 12.8 Å². The van der Waals surface area contributed by atoms with E-state index in [2.05, 4.69) is 20.7 Å². The number of anilines is 1. The summed E-state index contributed by atoms with van der Waals surface area (Å²) >= 11 is 8.91. The van der Waals surface area contributed by atoms with Crippen molar-refractivity contribution in [2.75, 3.05) is 4.72 Å². The zero-order chi connectivity index (χ0) is 14.9. The monoisotopic (exact) mass is 377 g/mol. The lowest BCUT2D eigenvalue weighted by atomic mass is 10.2. The summed E-state index contributed by atoms with van der Waals surface area (Å²) in [6.07, 6.45) is 0. The van der Waals surface area contributed by atoms with Gasteiger partial charge in [-0.15, -0.1) is 0 Å². The third-order valence-corrected chi connectivity index (χ3v) is 5.10. The molecule has 0 aliphatic heterocycles. The molecule has 1 N–H and O–H groups in total. The van der Waals surface area contributed by atoms with Gasteiger partial charge in [0, 0.05) is 9.50 Å². The van der Waals surface area contributed by atoms with E-state index in [1.165, 1.54) is 24.3 Å². The van der Waals surface area contributed by atoms with Crippen molar-refractivity contribution < 1.29 is 12.8 Å². The second kappa shape index (κ2) is 5.71. The van der Waals surface area contributed by atoms with Crippen LogP contribution in [-0.2, 0) is 10.0 Å². The Balaban J connectivity index is 2.38. The molecule has 3 nitrogen and oxygen atoms in total. The van der Waals surface area contributed by atoms with Crippen LogP contribution in [0.15, 0.2) is 45.8 Å². The van der Waals surface area contributed by atoms with E-state index in [0.29, 0.717) is 0 Å². The van der Waals surface area contributed by atoms with Crippen molar-refractivity contribution in [1.82, 2.24) is 0 Å². The Labute approximate surface area is 130 Å². The molecule has 0 atom stereocenters. The number of hydrogen-bond donors (Lipinski definition) is 1. The Morgan fingerprint density at radius 2 is 1.90 bits per heavy atom. The molecule has 106 valence electrons. The zero-order valence-electron chi connectivity index (χ0n) is 10.3. The Morgan fingerprint density at radius 3 is 2.50 bits per heavy atom. The first-order valence-corrected chi connectivity index (χ1v) is 8.19. The smallest absolute Gasteiger partial charge is 0.261 e. The van der Waals surface area contributed by atoms with Crippen molar-refractivity contribution in [2.24, 2.45) is 0 Å². The summed E-state index contributed by atoms with van der Waals surface area (Å²) in [6, 6.07) is 8.30. The highest BCUT2D eigenvalue weighted by molar-refractivity contribution is 9.10. The Kier molecular flexibility index (Phi) is 4.36. The Bertz CT molecular complexity index is 765. The SMILES string of the molecule is Cc1cc(S(=O)(=O)Nc2ccc(Cl)cc2F)ccc1Br. The highest BCUT2D eigenvalue weighted by Crippen LogP contribution is 2.24. The molecular formula is C13H10BrClFNO2S. The van der Waals surface area contributed by atoms with Crippen LogP contribution >= 0.6 is 27.5 Å². The Hall–Kier alpha value is -1.11. The van der Waals surface area contributed by atoms with E-state index in [-0.39, 0.29) is 15.6 Å². The van der Waals surface area contributed by atoms with Gasteiger partial charge < -0.3 is 0 Å². The van der Waals surface area contributed by atoms with E-state index in [4.69, 9.17) is 11.6 Å². The first kappa shape index (κ1) is 15.3. The number of aryl methyl sites for hydroxylation is 1. The van der Waals surface area contributed by atoms with Gasteiger partial charge in [0.2, 0.25) is 0 Å². The summed E-state index contributed by atoms with van der Waals surface area (Å²) in [5, 5.41) is 0.199.